The van der Waals surface area contributed by atoms with E-state index in [0.717, 1.165) is 43.7 Å². The molecule has 0 bridgehead atoms. The third-order valence-electron chi connectivity index (χ3n) is 3.44. The van der Waals surface area contributed by atoms with Gasteiger partial charge in [-0.05, 0) is 48.1 Å². The standard InChI is InChI=1S/C14H22N2O2S2/c1-19-8-4-2-3-7-16-20(17,18)14-6-5-12-10-15-11-13(12)9-14/h5-6,9,15-16H,2-4,7-8,10-11H2,1H3. The van der Waals surface area contributed by atoms with Crippen molar-refractivity contribution in [3.05, 3.63) is 29.3 Å². The van der Waals surface area contributed by atoms with Crippen molar-refractivity contribution >= 4 is 21.8 Å². The zero-order valence-corrected chi connectivity index (χ0v) is 13.4. The molecule has 20 heavy (non-hydrogen) atoms. The van der Waals surface area contributed by atoms with Crippen molar-refractivity contribution in [1.29, 1.82) is 0 Å². The Morgan fingerprint density at radius 3 is 2.80 bits per heavy atom. The third kappa shape index (κ3) is 4.22. The lowest BCUT2D eigenvalue weighted by Gasteiger charge is -2.08. The predicted molar refractivity (Wildman–Crippen MR) is 84.4 cm³/mol. The van der Waals surface area contributed by atoms with Gasteiger partial charge in [-0.15, -0.1) is 0 Å². The first-order chi connectivity index (χ1) is 9.63. The van der Waals surface area contributed by atoms with Crippen LogP contribution in [-0.2, 0) is 23.1 Å². The van der Waals surface area contributed by atoms with E-state index < -0.39 is 10.0 Å². The van der Waals surface area contributed by atoms with Crippen molar-refractivity contribution in [3.8, 4) is 0 Å². The van der Waals surface area contributed by atoms with Crippen molar-refractivity contribution in [3.63, 3.8) is 0 Å². The highest BCUT2D eigenvalue weighted by atomic mass is 32.2. The number of hydrogen-bond donors (Lipinski definition) is 2. The molecule has 1 heterocycles. The number of sulfonamides is 1. The Hall–Kier alpha value is -0.560. The molecule has 0 saturated heterocycles. The Labute approximate surface area is 125 Å². The lowest BCUT2D eigenvalue weighted by atomic mass is 10.1. The van der Waals surface area contributed by atoms with E-state index in [1.165, 1.54) is 5.56 Å². The van der Waals surface area contributed by atoms with Gasteiger partial charge in [-0.1, -0.05) is 12.5 Å². The van der Waals surface area contributed by atoms with E-state index in [1.54, 1.807) is 12.1 Å². The van der Waals surface area contributed by atoms with E-state index >= 15 is 0 Å². The maximum atomic E-state index is 12.2. The molecule has 1 aliphatic heterocycles. The molecule has 0 spiro atoms. The fourth-order valence-electron chi connectivity index (χ4n) is 2.28. The maximum absolute atomic E-state index is 12.2. The summed E-state index contributed by atoms with van der Waals surface area (Å²) < 4.78 is 27.1. The van der Waals surface area contributed by atoms with Gasteiger partial charge in [-0.25, -0.2) is 13.1 Å². The van der Waals surface area contributed by atoms with Gasteiger partial charge in [0.1, 0.15) is 0 Å². The van der Waals surface area contributed by atoms with E-state index in [-0.39, 0.29) is 0 Å². The molecule has 4 nitrogen and oxygen atoms in total. The summed E-state index contributed by atoms with van der Waals surface area (Å²) in [6.45, 7) is 2.11. The van der Waals surface area contributed by atoms with Crippen LogP contribution in [0.15, 0.2) is 23.1 Å². The fourth-order valence-corrected chi connectivity index (χ4v) is 3.89. The van der Waals surface area contributed by atoms with Crippen molar-refractivity contribution in [1.82, 2.24) is 10.0 Å². The van der Waals surface area contributed by atoms with Gasteiger partial charge in [-0.2, -0.15) is 11.8 Å². The van der Waals surface area contributed by atoms with Crippen molar-refractivity contribution in [2.45, 2.75) is 37.2 Å². The van der Waals surface area contributed by atoms with Crippen LogP contribution >= 0.6 is 11.8 Å². The second kappa shape index (κ2) is 7.45. The molecule has 0 unspecified atom stereocenters. The SMILES string of the molecule is CSCCCCCNS(=O)(=O)c1ccc2c(c1)CNC2. The van der Waals surface area contributed by atoms with Crippen LogP contribution in [0.1, 0.15) is 30.4 Å². The normalized spacial score (nSPS) is 14.4. The lowest BCUT2D eigenvalue weighted by molar-refractivity contribution is 0.576. The molecule has 0 aromatic heterocycles. The second-order valence-electron chi connectivity index (χ2n) is 4.99. The number of unbranched alkanes of at least 4 members (excludes halogenated alkanes) is 2. The van der Waals surface area contributed by atoms with Gasteiger partial charge in [0.05, 0.1) is 4.90 Å². The number of fused-ring (bicyclic) bond motifs is 1. The number of benzene rings is 1. The van der Waals surface area contributed by atoms with E-state index in [1.807, 2.05) is 17.8 Å². The van der Waals surface area contributed by atoms with Crippen LogP contribution in [0.25, 0.3) is 0 Å². The van der Waals surface area contributed by atoms with Gasteiger partial charge in [0, 0.05) is 19.6 Å². The number of rotatable bonds is 8. The van der Waals surface area contributed by atoms with Crippen molar-refractivity contribution in [2.75, 3.05) is 18.6 Å². The zero-order valence-electron chi connectivity index (χ0n) is 11.8. The van der Waals surface area contributed by atoms with Gasteiger partial charge in [0.2, 0.25) is 10.0 Å². The monoisotopic (exact) mass is 314 g/mol. The van der Waals surface area contributed by atoms with Gasteiger partial charge in [0.15, 0.2) is 0 Å². The molecular weight excluding hydrogens is 292 g/mol. The minimum absolute atomic E-state index is 0.379. The summed E-state index contributed by atoms with van der Waals surface area (Å²) in [5.41, 5.74) is 2.29. The first-order valence-electron chi connectivity index (χ1n) is 6.94. The van der Waals surface area contributed by atoms with E-state index in [9.17, 15) is 8.42 Å². The Bertz CT molecular complexity index is 544. The summed E-state index contributed by atoms with van der Waals surface area (Å²) >= 11 is 1.83. The Morgan fingerprint density at radius 1 is 1.20 bits per heavy atom. The van der Waals surface area contributed by atoms with Crippen molar-refractivity contribution < 1.29 is 8.42 Å². The molecule has 2 rings (SSSR count). The first-order valence-corrected chi connectivity index (χ1v) is 9.82. The van der Waals surface area contributed by atoms with E-state index in [4.69, 9.17) is 0 Å². The summed E-state index contributed by atoms with van der Waals surface area (Å²) in [6, 6.07) is 5.38. The molecule has 0 saturated carbocycles. The van der Waals surface area contributed by atoms with Crippen LogP contribution < -0.4 is 10.0 Å². The minimum Gasteiger partial charge on any atom is -0.309 e. The molecule has 0 atom stereocenters. The first kappa shape index (κ1) is 15.8. The average molecular weight is 314 g/mol. The molecule has 0 radical (unpaired) electrons. The fraction of sp³-hybridized carbons (Fsp3) is 0.571. The highest BCUT2D eigenvalue weighted by Crippen LogP contribution is 2.19. The van der Waals surface area contributed by atoms with E-state index in [0.29, 0.717) is 11.4 Å². The lowest BCUT2D eigenvalue weighted by Crippen LogP contribution is -2.25. The van der Waals surface area contributed by atoms with Gasteiger partial charge in [-0.3, -0.25) is 0 Å². The quantitative estimate of drug-likeness (QED) is 0.722. The zero-order chi connectivity index (χ0) is 14.4. The molecule has 2 N–H and O–H groups in total. The van der Waals surface area contributed by atoms with Gasteiger partial charge < -0.3 is 5.32 Å². The highest BCUT2D eigenvalue weighted by molar-refractivity contribution is 7.98. The summed E-state index contributed by atoms with van der Waals surface area (Å²) in [6.07, 6.45) is 5.20. The molecule has 6 heteroatoms. The van der Waals surface area contributed by atoms with Crippen LogP contribution in [0, 0.1) is 0 Å². The topological polar surface area (TPSA) is 58.2 Å². The third-order valence-corrected chi connectivity index (χ3v) is 5.59. The van der Waals surface area contributed by atoms with Crippen molar-refractivity contribution in [2.24, 2.45) is 0 Å². The number of nitrogens with one attached hydrogen (secondary N) is 2. The Kier molecular flexibility index (Phi) is 5.89. The molecular formula is C14H22N2O2S2. The molecule has 112 valence electrons. The second-order valence-corrected chi connectivity index (χ2v) is 7.74. The molecule has 0 amide bonds. The molecule has 0 fully saturated rings. The smallest absolute Gasteiger partial charge is 0.240 e. The van der Waals surface area contributed by atoms with Crippen LogP contribution in [0.3, 0.4) is 0 Å². The van der Waals surface area contributed by atoms with E-state index in [2.05, 4.69) is 16.3 Å². The van der Waals surface area contributed by atoms with Crippen LogP contribution in [0.2, 0.25) is 0 Å². The van der Waals surface area contributed by atoms with Gasteiger partial charge >= 0.3 is 0 Å². The molecule has 1 aromatic rings. The number of thioether (sulfide) groups is 1. The molecule has 0 aliphatic carbocycles. The van der Waals surface area contributed by atoms with Crippen LogP contribution in [0.4, 0.5) is 0 Å². The predicted octanol–water partition coefficient (Wildman–Crippen LogP) is 2.10. The Balaban J connectivity index is 1.87. The largest absolute Gasteiger partial charge is 0.309 e. The average Bonchev–Trinajstić information content (AvgIpc) is 2.90. The summed E-state index contributed by atoms with van der Waals surface area (Å²) in [5.74, 6) is 1.14. The van der Waals surface area contributed by atoms with Gasteiger partial charge in [0.25, 0.3) is 0 Å². The maximum Gasteiger partial charge on any atom is 0.240 e. The minimum atomic E-state index is -3.36. The molecule has 1 aromatic carbocycles. The molecule has 1 aliphatic rings. The number of hydrogen-bond acceptors (Lipinski definition) is 4. The summed E-state index contributed by atoms with van der Waals surface area (Å²) in [7, 11) is -3.36. The Morgan fingerprint density at radius 2 is 2.00 bits per heavy atom. The summed E-state index contributed by atoms with van der Waals surface area (Å²) in [5, 5.41) is 3.22. The highest BCUT2D eigenvalue weighted by Gasteiger charge is 2.17. The van der Waals surface area contributed by atoms with Crippen LogP contribution in [-0.4, -0.2) is 27.0 Å². The summed E-state index contributed by atoms with van der Waals surface area (Å²) in [4.78, 5) is 0.379. The van der Waals surface area contributed by atoms with Crippen LogP contribution in [0.5, 0.6) is 0 Å².